The van der Waals surface area contributed by atoms with Crippen LogP contribution in [0.5, 0.6) is 0 Å². The first-order valence-electron chi connectivity index (χ1n) is 6.15. The highest BCUT2D eigenvalue weighted by atomic mass is 16.3. The highest BCUT2D eigenvalue weighted by molar-refractivity contribution is 5.80. The number of para-hydroxylation sites is 2. The van der Waals surface area contributed by atoms with Crippen LogP contribution >= 0.6 is 0 Å². The number of aliphatic hydroxyl groups excluding tert-OH is 1. The van der Waals surface area contributed by atoms with Crippen LogP contribution in [0.1, 0.15) is 17.0 Å². The van der Waals surface area contributed by atoms with Crippen molar-refractivity contribution in [3.63, 3.8) is 0 Å². The number of H-pyrrole nitrogens is 1. The summed E-state index contributed by atoms with van der Waals surface area (Å²) in [5, 5.41) is 10.1. The largest absolute Gasteiger partial charge is 0.507 e. The second kappa shape index (κ2) is 4.61. The second-order valence-electron chi connectivity index (χ2n) is 4.53. The smallest absolute Gasteiger partial charge is 0.134 e. The van der Waals surface area contributed by atoms with E-state index in [1.165, 1.54) is 5.56 Å². The molecule has 0 fully saturated rings. The molecular weight excluding hydrogens is 236 g/mol. The molecule has 2 aromatic carbocycles. The molecule has 0 saturated heterocycles. The molecule has 0 aliphatic heterocycles. The number of aromatic nitrogens is 2. The van der Waals surface area contributed by atoms with Gasteiger partial charge in [-0.15, -0.1) is 0 Å². The number of benzene rings is 2. The number of hydrogen-bond acceptors (Lipinski definition) is 2. The molecule has 3 rings (SSSR count). The van der Waals surface area contributed by atoms with Gasteiger partial charge in [0, 0.05) is 11.6 Å². The number of rotatable bonds is 2. The van der Waals surface area contributed by atoms with Gasteiger partial charge in [0.2, 0.25) is 0 Å². The minimum Gasteiger partial charge on any atom is -0.507 e. The Morgan fingerprint density at radius 3 is 2.58 bits per heavy atom. The van der Waals surface area contributed by atoms with Crippen LogP contribution in [-0.4, -0.2) is 15.1 Å². The van der Waals surface area contributed by atoms with E-state index in [4.69, 9.17) is 0 Å². The van der Waals surface area contributed by atoms with Gasteiger partial charge in [-0.25, -0.2) is 4.98 Å². The topological polar surface area (TPSA) is 48.9 Å². The molecule has 0 atom stereocenters. The van der Waals surface area contributed by atoms with Gasteiger partial charge >= 0.3 is 0 Å². The maximum absolute atomic E-state index is 10.1. The summed E-state index contributed by atoms with van der Waals surface area (Å²) in [6, 6.07) is 15.5. The number of aromatic amines is 1. The molecule has 0 spiro atoms. The zero-order valence-electron chi connectivity index (χ0n) is 10.6. The first kappa shape index (κ1) is 11.5. The molecular formula is C16H14N2O. The van der Waals surface area contributed by atoms with Gasteiger partial charge in [-0.05, 0) is 19.1 Å². The first-order chi connectivity index (χ1) is 9.22. The number of aliphatic hydroxyl groups is 1. The summed E-state index contributed by atoms with van der Waals surface area (Å²) in [4.78, 5) is 7.56. The van der Waals surface area contributed by atoms with Crippen molar-refractivity contribution in [1.82, 2.24) is 9.97 Å². The predicted octanol–water partition coefficient (Wildman–Crippen LogP) is 3.93. The fraction of sp³-hybridized carbons (Fsp3) is 0.0625. The average Bonchev–Trinajstić information content (AvgIpc) is 2.81. The maximum Gasteiger partial charge on any atom is 0.134 e. The molecule has 0 unspecified atom stereocenters. The number of aryl methyl sites for hydroxylation is 1. The molecule has 3 nitrogen and oxygen atoms in total. The van der Waals surface area contributed by atoms with Gasteiger partial charge in [0.1, 0.15) is 11.6 Å². The van der Waals surface area contributed by atoms with Crippen molar-refractivity contribution < 1.29 is 5.11 Å². The van der Waals surface area contributed by atoms with Crippen LogP contribution in [0.3, 0.4) is 0 Å². The third kappa shape index (κ3) is 2.36. The minimum atomic E-state index is 0.207. The normalized spacial score (nSPS) is 11.9. The molecule has 19 heavy (non-hydrogen) atoms. The zero-order valence-corrected chi connectivity index (χ0v) is 10.6. The van der Waals surface area contributed by atoms with Crippen LogP contribution in [0.25, 0.3) is 22.9 Å². The number of fused-ring (bicyclic) bond motifs is 1. The number of hydrogen-bond donors (Lipinski definition) is 2. The van der Waals surface area contributed by atoms with E-state index in [-0.39, 0.29) is 5.76 Å². The van der Waals surface area contributed by atoms with Crippen molar-refractivity contribution in [2.45, 2.75) is 6.92 Å². The maximum atomic E-state index is 10.1. The summed E-state index contributed by atoms with van der Waals surface area (Å²) in [5.74, 6) is 0.860. The van der Waals surface area contributed by atoms with E-state index in [0.717, 1.165) is 16.6 Å². The van der Waals surface area contributed by atoms with Crippen molar-refractivity contribution in [2.24, 2.45) is 0 Å². The molecule has 0 saturated carbocycles. The van der Waals surface area contributed by atoms with Gasteiger partial charge in [0.05, 0.1) is 11.0 Å². The number of nitrogens with zero attached hydrogens (tertiary/aromatic N) is 1. The van der Waals surface area contributed by atoms with E-state index in [0.29, 0.717) is 5.82 Å². The van der Waals surface area contributed by atoms with E-state index in [2.05, 4.69) is 9.97 Å². The standard InChI is InChI=1S/C16H14N2O/c1-11-6-8-12(9-7-11)15(19)10-16-17-13-4-2-3-5-14(13)18-16/h2-10,19H,1H3,(H,17,18)/b15-10-. The Morgan fingerprint density at radius 1 is 1.11 bits per heavy atom. The van der Waals surface area contributed by atoms with Crippen molar-refractivity contribution in [2.75, 3.05) is 0 Å². The van der Waals surface area contributed by atoms with Gasteiger partial charge in [-0.1, -0.05) is 42.0 Å². The van der Waals surface area contributed by atoms with Crippen LogP contribution in [0.15, 0.2) is 48.5 Å². The van der Waals surface area contributed by atoms with Crippen LogP contribution in [0.2, 0.25) is 0 Å². The van der Waals surface area contributed by atoms with E-state index in [1.54, 1.807) is 6.08 Å². The molecule has 2 N–H and O–H groups in total. The monoisotopic (exact) mass is 250 g/mol. The Hall–Kier alpha value is -2.55. The quantitative estimate of drug-likeness (QED) is 0.677. The lowest BCUT2D eigenvalue weighted by molar-refractivity contribution is 0.515. The highest BCUT2D eigenvalue weighted by Crippen LogP contribution is 2.17. The molecule has 0 radical (unpaired) electrons. The Bertz CT molecular complexity index is 706. The number of nitrogens with one attached hydrogen (secondary N) is 1. The molecule has 94 valence electrons. The van der Waals surface area contributed by atoms with Crippen LogP contribution < -0.4 is 0 Å². The lowest BCUT2D eigenvalue weighted by atomic mass is 10.1. The molecule has 3 aromatic rings. The fourth-order valence-corrected chi connectivity index (χ4v) is 1.98. The third-order valence-electron chi connectivity index (χ3n) is 3.03. The Kier molecular flexibility index (Phi) is 2.80. The van der Waals surface area contributed by atoms with Crippen molar-refractivity contribution in [3.8, 4) is 0 Å². The predicted molar refractivity (Wildman–Crippen MR) is 77.8 cm³/mol. The van der Waals surface area contributed by atoms with Gasteiger partial charge in [-0.3, -0.25) is 0 Å². The highest BCUT2D eigenvalue weighted by Gasteiger charge is 2.03. The summed E-state index contributed by atoms with van der Waals surface area (Å²) in [7, 11) is 0. The van der Waals surface area contributed by atoms with Crippen molar-refractivity contribution >= 4 is 22.9 Å². The second-order valence-corrected chi connectivity index (χ2v) is 4.53. The van der Waals surface area contributed by atoms with Gasteiger partial charge in [0.15, 0.2) is 0 Å². The third-order valence-corrected chi connectivity index (χ3v) is 3.03. The van der Waals surface area contributed by atoms with Gasteiger partial charge in [-0.2, -0.15) is 0 Å². The fourth-order valence-electron chi connectivity index (χ4n) is 1.98. The average molecular weight is 250 g/mol. The minimum absolute atomic E-state index is 0.207. The summed E-state index contributed by atoms with van der Waals surface area (Å²) in [6.07, 6.45) is 1.64. The van der Waals surface area contributed by atoms with E-state index in [9.17, 15) is 5.11 Å². The SMILES string of the molecule is Cc1ccc(/C(O)=C/c2nc3ccccc3[nH]2)cc1. The zero-order chi connectivity index (χ0) is 13.2. The molecule has 0 bridgehead atoms. The van der Waals surface area contributed by atoms with Crippen LogP contribution in [0.4, 0.5) is 0 Å². The van der Waals surface area contributed by atoms with Crippen LogP contribution in [-0.2, 0) is 0 Å². The molecule has 0 amide bonds. The van der Waals surface area contributed by atoms with Gasteiger partial charge in [0.25, 0.3) is 0 Å². The molecule has 1 aromatic heterocycles. The van der Waals surface area contributed by atoms with E-state index < -0.39 is 0 Å². The van der Waals surface area contributed by atoms with E-state index >= 15 is 0 Å². The van der Waals surface area contributed by atoms with E-state index in [1.807, 2.05) is 55.5 Å². The lowest BCUT2D eigenvalue weighted by Gasteiger charge is -1.99. The Morgan fingerprint density at radius 2 is 1.84 bits per heavy atom. The number of imidazole rings is 1. The molecule has 3 heteroatoms. The summed E-state index contributed by atoms with van der Waals surface area (Å²) in [5.41, 5.74) is 3.81. The van der Waals surface area contributed by atoms with Gasteiger partial charge < -0.3 is 10.1 Å². The molecule has 1 heterocycles. The Labute approximate surface area is 111 Å². The summed E-state index contributed by atoms with van der Waals surface area (Å²) < 4.78 is 0. The molecule has 0 aliphatic rings. The Balaban J connectivity index is 1.97. The van der Waals surface area contributed by atoms with Crippen molar-refractivity contribution in [1.29, 1.82) is 0 Å². The summed E-state index contributed by atoms with van der Waals surface area (Å²) >= 11 is 0. The molecule has 0 aliphatic carbocycles. The summed E-state index contributed by atoms with van der Waals surface area (Å²) in [6.45, 7) is 2.02. The van der Waals surface area contributed by atoms with Crippen molar-refractivity contribution in [3.05, 3.63) is 65.5 Å². The van der Waals surface area contributed by atoms with Crippen LogP contribution in [0, 0.1) is 6.92 Å². The first-order valence-corrected chi connectivity index (χ1v) is 6.15. The lowest BCUT2D eigenvalue weighted by Crippen LogP contribution is -1.84.